The van der Waals surface area contributed by atoms with E-state index in [-0.39, 0.29) is 17.4 Å². The number of halogens is 1. The average Bonchev–Trinajstić information content (AvgIpc) is 3.36. The number of imidazole rings is 1. The number of aromatic nitrogens is 5. The van der Waals surface area contributed by atoms with Gasteiger partial charge in [0, 0.05) is 49.0 Å². The minimum atomic E-state index is -0.288. The third kappa shape index (κ3) is 3.73. The van der Waals surface area contributed by atoms with E-state index in [0.29, 0.717) is 13.1 Å². The Balaban J connectivity index is 1.36. The molecule has 0 aromatic carbocycles. The number of fused-ring (bicyclic) bond motifs is 1. The van der Waals surface area contributed by atoms with Gasteiger partial charge in [0.2, 0.25) is 0 Å². The molecule has 7 nitrogen and oxygen atoms in total. The lowest BCUT2D eigenvalue weighted by Gasteiger charge is -2.23. The lowest BCUT2D eigenvalue weighted by molar-refractivity contribution is 0.215. The molecule has 30 heavy (non-hydrogen) atoms. The number of hydrogen-bond acceptors (Lipinski definition) is 5. The molecule has 152 valence electrons. The van der Waals surface area contributed by atoms with Crippen molar-refractivity contribution in [2.75, 3.05) is 6.54 Å². The van der Waals surface area contributed by atoms with Gasteiger partial charge < -0.3 is 4.40 Å². The molecule has 0 radical (unpaired) electrons. The first-order chi connectivity index (χ1) is 14.7. The van der Waals surface area contributed by atoms with E-state index in [0.717, 1.165) is 42.0 Å². The van der Waals surface area contributed by atoms with Crippen molar-refractivity contribution in [3.8, 4) is 11.3 Å². The van der Waals surface area contributed by atoms with Crippen LogP contribution in [0.2, 0.25) is 0 Å². The zero-order valence-corrected chi connectivity index (χ0v) is 16.4. The molecule has 0 N–H and O–H groups in total. The standard InChI is InChI=1S/C22H21FN6O/c23-17-5-7-21-25-18(14-28(21)12-17)13-27-10-2-4-19(27)15-29-22(30)8-6-20(26-29)16-3-1-9-24-11-16/h1,3,5-9,11-12,14,19H,2,4,10,13,15H2. The predicted octanol–water partition coefficient (Wildman–Crippen LogP) is 2.76. The topological polar surface area (TPSA) is 68.3 Å². The van der Waals surface area contributed by atoms with Crippen molar-refractivity contribution in [1.29, 1.82) is 0 Å². The van der Waals surface area contributed by atoms with Gasteiger partial charge in [0.15, 0.2) is 0 Å². The zero-order valence-electron chi connectivity index (χ0n) is 16.4. The minimum absolute atomic E-state index is 0.113. The monoisotopic (exact) mass is 404 g/mol. The van der Waals surface area contributed by atoms with Crippen LogP contribution in [0.1, 0.15) is 18.5 Å². The quantitative estimate of drug-likeness (QED) is 0.512. The molecule has 0 spiro atoms. The van der Waals surface area contributed by atoms with E-state index in [1.54, 1.807) is 39.7 Å². The summed E-state index contributed by atoms with van der Waals surface area (Å²) in [5, 5.41) is 4.57. The molecule has 1 unspecified atom stereocenters. The smallest absolute Gasteiger partial charge is 0.266 e. The summed E-state index contributed by atoms with van der Waals surface area (Å²) in [6.07, 6.45) is 8.80. The molecule has 1 fully saturated rings. The maximum atomic E-state index is 13.4. The van der Waals surface area contributed by atoms with Gasteiger partial charge in [-0.25, -0.2) is 14.1 Å². The largest absolute Gasteiger partial charge is 0.304 e. The van der Waals surface area contributed by atoms with Crippen molar-refractivity contribution < 1.29 is 4.39 Å². The third-order valence-electron chi connectivity index (χ3n) is 5.54. The molecule has 0 saturated carbocycles. The Morgan fingerprint density at radius 3 is 2.93 bits per heavy atom. The van der Waals surface area contributed by atoms with Gasteiger partial charge in [-0.1, -0.05) is 0 Å². The van der Waals surface area contributed by atoms with Gasteiger partial charge in [0.1, 0.15) is 11.5 Å². The van der Waals surface area contributed by atoms with Crippen LogP contribution in [0, 0.1) is 5.82 Å². The maximum Gasteiger partial charge on any atom is 0.266 e. The molecule has 1 atom stereocenters. The van der Waals surface area contributed by atoms with Crippen molar-refractivity contribution >= 4 is 5.65 Å². The summed E-state index contributed by atoms with van der Waals surface area (Å²) in [6, 6.07) is 10.4. The molecule has 5 heterocycles. The summed E-state index contributed by atoms with van der Waals surface area (Å²) in [7, 11) is 0. The Labute approximate surface area is 172 Å². The van der Waals surface area contributed by atoms with Crippen LogP contribution in [0.15, 0.2) is 66.0 Å². The summed E-state index contributed by atoms with van der Waals surface area (Å²) in [5.74, 6) is -0.288. The molecule has 0 bridgehead atoms. The van der Waals surface area contributed by atoms with Crippen LogP contribution in [0.3, 0.4) is 0 Å². The van der Waals surface area contributed by atoms with Gasteiger partial charge in [-0.3, -0.25) is 14.7 Å². The highest BCUT2D eigenvalue weighted by molar-refractivity contribution is 5.56. The number of hydrogen-bond donors (Lipinski definition) is 0. The molecule has 1 saturated heterocycles. The van der Waals surface area contributed by atoms with E-state index in [4.69, 9.17) is 0 Å². The van der Waals surface area contributed by atoms with Gasteiger partial charge in [0.25, 0.3) is 5.56 Å². The Hall–Kier alpha value is -3.39. The van der Waals surface area contributed by atoms with Crippen molar-refractivity contribution in [2.45, 2.75) is 32.0 Å². The van der Waals surface area contributed by atoms with Gasteiger partial charge >= 0.3 is 0 Å². The SMILES string of the molecule is O=c1ccc(-c2cccnc2)nn1CC1CCCN1Cc1cn2cc(F)ccc2n1. The normalized spacial score (nSPS) is 17.0. The molecule has 1 aliphatic rings. The molecule has 0 aliphatic carbocycles. The fourth-order valence-electron chi connectivity index (χ4n) is 4.06. The van der Waals surface area contributed by atoms with Crippen molar-refractivity contribution in [1.82, 2.24) is 29.0 Å². The second kappa shape index (κ2) is 7.79. The molecular weight excluding hydrogens is 383 g/mol. The first-order valence-corrected chi connectivity index (χ1v) is 10.0. The molecule has 1 aliphatic heterocycles. The fraction of sp³-hybridized carbons (Fsp3) is 0.273. The molecule has 4 aromatic rings. The van der Waals surface area contributed by atoms with Crippen LogP contribution in [-0.4, -0.2) is 41.6 Å². The van der Waals surface area contributed by atoms with E-state index < -0.39 is 0 Å². The molecular formula is C22H21FN6O. The van der Waals surface area contributed by atoms with Crippen LogP contribution in [0.4, 0.5) is 4.39 Å². The summed E-state index contributed by atoms with van der Waals surface area (Å²) in [6.45, 7) is 2.11. The Morgan fingerprint density at radius 2 is 2.07 bits per heavy atom. The number of nitrogens with zero attached hydrogens (tertiary/aromatic N) is 6. The average molecular weight is 404 g/mol. The highest BCUT2D eigenvalue weighted by Crippen LogP contribution is 2.22. The third-order valence-corrected chi connectivity index (χ3v) is 5.54. The zero-order chi connectivity index (χ0) is 20.5. The first-order valence-electron chi connectivity index (χ1n) is 10.0. The van der Waals surface area contributed by atoms with E-state index in [2.05, 4.69) is 20.0 Å². The van der Waals surface area contributed by atoms with E-state index in [1.165, 1.54) is 12.3 Å². The van der Waals surface area contributed by atoms with Gasteiger partial charge in [-0.15, -0.1) is 0 Å². The fourth-order valence-corrected chi connectivity index (χ4v) is 4.06. The number of pyridine rings is 2. The lowest BCUT2D eigenvalue weighted by Crippen LogP contribution is -2.36. The van der Waals surface area contributed by atoms with Gasteiger partial charge in [0.05, 0.1) is 17.9 Å². The summed E-state index contributed by atoms with van der Waals surface area (Å²) < 4.78 is 16.7. The highest BCUT2D eigenvalue weighted by Gasteiger charge is 2.26. The second-order valence-electron chi connectivity index (χ2n) is 7.59. The van der Waals surface area contributed by atoms with E-state index in [9.17, 15) is 9.18 Å². The number of rotatable bonds is 5. The van der Waals surface area contributed by atoms with Crippen molar-refractivity contribution in [3.63, 3.8) is 0 Å². The Morgan fingerprint density at radius 1 is 1.13 bits per heavy atom. The summed E-state index contributed by atoms with van der Waals surface area (Å²) >= 11 is 0. The first kappa shape index (κ1) is 18.6. The van der Waals surface area contributed by atoms with Crippen LogP contribution >= 0.6 is 0 Å². The van der Waals surface area contributed by atoms with Crippen molar-refractivity contribution in [2.24, 2.45) is 0 Å². The Bertz CT molecular complexity index is 1240. The molecule has 0 amide bonds. The maximum absolute atomic E-state index is 13.4. The Kier molecular flexibility index (Phi) is 4.84. The lowest BCUT2D eigenvalue weighted by atomic mass is 10.2. The van der Waals surface area contributed by atoms with Crippen molar-refractivity contribution in [3.05, 3.63) is 83.1 Å². The second-order valence-corrected chi connectivity index (χ2v) is 7.59. The molecule has 4 aromatic heterocycles. The van der Waals surface area contributed by atoms with Gasteiger partial charge in [-0.05, 0) is 49.7 Å². The molecule has 5 rings (SSSR count). The van der Waals surface area contributed by atoms with Gasteiger partial charge in [-0.2, -0.15) is 5.10 Å². The van der Waals surface area contributed by atoms with E-state index in [1.807, 2.05) is 18.3 Å². The molecule has 8 heteroatoms. The van der Waals surface area contributed by atoms with E-state index >= 15 is 0 Å². The van der Waals surface area contributed by atoms with Crippen LogP contribution < -0.4 is 5.56 Å². The van der Waals surface area contributed by atoms with Crippen LogP contribution in [0.25, 0.3) is 16.9 Å². The summed E-state index contributed by atoms with van der Waals surface area (Å²) in [4.78, 5) is 23.5. The van der Waals surface area contributed by atoms with Crippen LogP contribution in [-0.2, 0) is 13.1 Å². The van der Waals surface area contributed by atoms with Crippen LogP contribution in [0.5, 0.6) is 0 Å². The number of likely N-dealkylation sites (tertiary alicyclic amines) is 1. The summed E-state index contributed by atoms with van der Waals surface area (Å²) in [5.41, 5.74) is 3.11. The minimum Gasteiger partial charge on any atom is -0.304 e. The highest BCUT2D eigenvalue weighted by atomic mass is 19.1. The predicted molar refractivity (Wildman–Crippen MR) is 110 cm³/mol.